The molecule has 0 aromatic carbocycles. The van der Waals surface area contributed by atoms with Gasteiger partial charge < -0.3 is 14.2 Å². The van der Waals surface area contributed by atoms with Gasteiger partial charge >= 0.3 is 17.9 Å². The number of rotatable bonds is 52. The lowest BCUT2D eigenvalue weighted by molar-refractivity contribution is -0.167. The molecule has 0 amide bonds. The van der Waals surface area contributed by atoms with Crippen molar-refractivity contribution in [3.8, 4) is 0 Å². The van der Waals surface area contributed by atoms with Crippen LogP contribution in [0.1, 0.15) is 278 Å². The van der Waals surface area contributed by atoms with Crippen LogP contribution in [0.4, 0.5) is 0 Å². The molecule has 0 aliphatic carbocycles. The summed E-state index contributed by atoms with van der Waals surface area (Å²) < 4.78 is 16.8. The number of unbranched alkanes of at least 4 members (excludes halogenated alkanes) is 27. The molecule has 0 bridgehead atoms. The summed E-state index contributed by atoms with van der Waals surface area (Å²) in [5, 5.41) is 0. The SMILES string of the molecule is CC/C=C\C/C=C\C/C=C\C/C=C\C/C=C\C/C=C\CCCCC(=O)OC(COC(=O)CCCCCCCCC)COC(=O)CCCCCCCCCCCCC/C=C\CCCCCCCCCC. The molecule has 396 valence electrons. The van der Waals surface area contributed by atoms with Crippen molar-refractivity contribution in [1.82, 2.24) is 0 Å². The second-order valence-electron chi connectivity index (χ2n) is 19.2. The number of hydrogen-bond acceptors (Lipinski definition) is 6. The van der Waals surface area contributed by atoms with E-state index in [1.165, 1.54) is 141 Å². The molecule has 6 nitrogen and oxygen atoms in total. The van der Waals surface area contributed by atoms with Crippen molar-refractivity contribution in [1.29, 1.82) is 0 Å². The predicted molar refractivity (Wildman–Crippen MR) is 297 cm³/mol. The molecule has 0 saturated carbocycles. The van der Waals surface area contributed by atoms with E-state index in [-0.39, 0.29) is 37.5 Å². The maximum absolute atomic E-state index is 12.8. The lowest BCUT2D eigenvalue weighted by Crippen LogP contribution is -2.30. The Bertz CT molecular complexity index is 1330. The molecule has 1 unspecified atom stereocenters. The van der Waals surface area contributed by atoms with Crippen molar-refractivity contribution in [2.45, 2.75) is 284 Å². The highest BCUT2D eigenvalue weighted by Gasteiger charge is 2.19. The Labute approximate surface area is 426 Å². The number of ether oxygens (including phenoxy) is 3. The molecule has 0 rings (SSSR count). The molecule has 0 N–H and O–H groups in total. The van der Waals surface area contributed by atoms with Crippen LogP contribution in [-0.2, 0) is 28.6 Å². The van der Waals surface area contributed by atoms with E-state index in [4.69, 9.17) is 14.2 Å². The Kier molecular flexibility index (Phi) is 54.3. The van der Waals surface area contributed by atoms with E-state index in [1.807, 2.05) is 0 Å². The Morgan fingerprint density at radius 2 is 0.565 bits per heavy atom. The van der Waals surface area contributed by atoms with Gasteiger partial charge in [-0.25, -0.2) is 0 Å². The van der Waals surface area contributed by atoms with Gasteiger partial charge in [0.15, 0.2) is 6.10 Å². The van der Waals surface area contributed by atoms with Crippen molar-refractivity contribution in [3.63, 3.8) is 0 Å². The number of hydrogen-bond donors (Lipinski definition) is 0. The Hall–Kier alpha value is -3.41. The highest BCUT2D eigenvalue weighted by molar-refractivity contribution is 5.71. The lowest BCUT2D eigenvalue weighted by atomic mass is 10.0. The van der Waals surface area contributed by atoms with E-state index in [9.17, 15) is 14.4 Å². The first-order chi connectivity index (χ1) is 34.0. The molecular formula is C63H108O6. The highest BCUT2D eigenvalue weighted by Crippen LogP contribution is 2.15. The average molecular weight is 962 g/mol. The lowest BCUT2D eigenvalue weighted by Gasteiger charge is -2.18. The minimum Gasteiger partial charge on any atom is -0.462 e. The topological polar surface area (TPSA) is 78.9 Å². The molecule has 0 saturated heterocycles. The van der Waals surface area contributed by atoms with Crippen LogP contribution in [0.2, 0.25) is 0 Å². The van der Waals surface area contributed by atoms with Crippen LogP contribution in [0.3, 0.4) is 0 Å². The molecule has 0 radical (unpaired) electrons. The number of carbonyl (C=O) groups is 3. The van der Waals surface area contributed by atoms with Gasteiger partial charge in [-0.1, -0.05) is 247 Å². The second-order valence-corrected chi connectivity index (χ2v) is 19.2. The van der Waals surface area contributed by atoms with Gasteiger partial charge in [0.2, 0.25) is 0 Å². The minimum absolute atomic E-state index is 0.0934. The van der Waals surface area contributed by atoms with Gasteiger partial charge in [0.05, 0.1) is 0 Å². The molecule has 0 aliphatic heterocycles. The van der Waals surface area contributed by atoms with Crippen molar-refractivity contribution < 1.29 is 28.6 Å². The third-order valence-electron chi connectivity index (χ3n) is 12.4. The van der Waals surface area contributed by atoms with Gasteiger partial charge in [0.1, 0.15) is 13.2 Å². The van der Waals surface area contributed by atoms with E-state index in [2.05, 4.69) is 106 Å². The molecule has 0 aliphatic rings. The first-order valence-corrected chi connectivity index (χ1v) is 29.1. The van der Waals surface area contributed by atoms with Gasteiger partial charge in [-0.05, 0) is 96.3 Å². The Morgan fingerprint density at radius 3 is 0.928 bits per heavy atom. The molecular weight excluding hydrogens is 853 g/mol. The zero-order valence-electron chi connectivity index (χ0n) is 45.3. The molecule has 6 heteroatoms. The maximum Gasteiger partial charge on any atom is 0.306 e. The smallest absolute Gasteiger partial charge is 0.306 e. The quantitative estimate of drug-likeness (QED) is 0.0262. The molecule has 69 heavy (non-hydrogen) atoms. The van der Waals surface area contributed by atoms with Crippen LogP contribution in [0, 0.1) is 0 Å². The molecule has 0 spiro atoms. The number of esters is 3. The fourth-order valence-electron chi connectivity index (χ4n) is 8.03. The van der Waals surface area contributed by atoms with E-state index >= 15 is 0 Å². The average Bonchev–Trinajstić information content (AvgIpc) is 3.35. The summed E-state index contributed by atoms with van der Waals surface area (Å²) in [6, 6.07) is 0. The van der Waals surface area contributed by atoms with Crippen molar-refractivity contribution in [3.05, 3.63) is 85.1 Å². The van der Waals surface area contributed by atoms with Crippen LogP contribution in [-0.4, -0.2) is 37.2 Å². The van der Waals surface area contributed by atoms with Crippen LogP contribution < -0.4 is 0 Å². The summed E-state index contributed by atoms with van der Waals surface area (Å²) in [6.45, 7) is 6.46. The van der Waals surface area contributed by atoms with Gasteiger partial charge in [0, 0.05) is 19.3 Å². The van der Waals surface area contributed by atoms with Crippen LogP contribution >= 0.6 is 0 Å². The van der Waals surface area contributed by atoms with Crippen molar-refractivity contribution >= 4 is 17.9 Å². The molecule has 0 aromatic heterocycles. The first-order valence-electron chi connectivity index (χ1n) is 29.1. The summed E-state index contributed by atoms with van der Waals surface area (Å²) in [5.74, 6) is -0.940. The number of carbonyl (C=O) groups excluding carboxylic acids is 3. The standard InChI is InChI=1S/C63H108O6/c1-4-7-10-13-16-18-20-22-24-26-28-30-31-33-34-36-38-40-42-44-47-50-53-56-62(65)68-59-60(58-67-61(64)55-52-49-46-15-12-9-6-3)69-63(66)57-54-51-48-45-43-41-39-37-35-32-29-27-25-23-21-19-17-14-11-8-5-2/h8,11,17,19,23,25-26,28-29,32,37,39,43,45,60H,4-7,9-10,12-16,18,20-22,24,27,30-31,33-36,38,40-42,44,46-59H2,1-3H3/b11-8-,19-17-,25-23-,28-26-,32-29-,39-37-,45-43-. The normalized spacial score (nSPS) is 12.7. The monoisotopic (exact) mass is 961 g/mol. The zero-order valence-corrected chi connectivity index (χ0v) is 45.3. The van der Waals surface area contributed by atoms with Gasteiger partial charge in [-0.2, -0.15) is 0 Å². The molecule has 0 fully saturated rings. The highest BCUT2D eigenvalue weighted by atomic mass is 16.6. The van der Waals surface area contributed by atoms with E-state index in [0.717, 1.165) is 89.9 Å². The predicted octanol–water partition coefficient (Wildman–Crippen LogP) is 19.5. The largest absolute Gasteiger partial charge is 0.462 e. The zero-order chi connectivity index (χ0) is 50.0. The van der Waals surface area contributed by atoms with Crippen molar-refractivity contribution in [2.75, 3.05) is 13.2 Å². The fraction of sp³-hybridized carbons (Fsp3) is 0.730. The van der Waals surface area contributed by atoms with E-state index in [1.54, 1.807) is 0 Å². The first kappa shape index (κ1) is 65.6. The van der Waals surface area contributed by atoms with Crippen LogP contribution in [0.25, 0.3) is 0 Å². The second kappa shape index (κ2) is 57.2. The van der Waals surface area contributed by atoms with Crippen LogP contribution in [0.15, 0.2) is 85.1 Å². The Balaban J connectivity index is 4.26. The molecule has 1 atom stereocenters. The molecule has 0 heterocycles. The van der Waals surface area contributed by atoms with Crippen LogP contribution in [0.5, 0.6) is 0 Å². The maximum atomic E-state index is 12.8. The number of allylic oxidation sites excluding steroid dienone is 14. The van der Waals surface area contributed by atoms with Crippen molar-refractivity contribution in [2.24, 2.45) is 0 Å². The summed E-state index contributed by atoms with van der Waals surface area (Å²) in [6.07, 6.45) is 74.6. The summed E-state index contributed by atoms with van der Waals surface area (Å²) in [5.41, 5.74) is 0. The third kappa shape index (κ3) is 55.4. The van der Waals surface area contributed by atoms with E-state index in [0.29, 0.717) is 19.3 Å². The van der Waals surface area contributed by atoms with Gasteiger partial charge in [-0.15, -0.1) is 0 Å². The van der Waals surface area contributed by atoms with E-state index < -0.39 is 6.10 Å². The Morgan fingerprint density at radius 1 is 0.304 bits per heavy atom. The molecule has 0 aromatic rings. The van der Waals surface area contributed by atoms with Gasteiger partial charge in [-0.3, -0.25) is 14.4 Å². The fourth-order valence-corrected chi connectivity index (χ4v) is 8.03. The minimum atomic E-state index is -0.797. The summed E-state index contributed by atoms with van der Waals surface area (Å²) in [7, 11) is 0. The summed E-state index contributed by atoms with van der Waals surface area (Å²) >= 11 is 0. The summed E-state index contributed by atoms with van der Waals surface area (Å²) in [4.78, 5) is 37.9. The third-order valence-corrected chi connectivity index (χ3v) is 12.4. The van der Waals surface area contributed by atoms with Gasteiger partial charge in [0.25, 0.3) is 0 Å².